The van der Waals surface area contributed by atoms with Gasteiger partial charge in [0.25, 0.3) is 0 Å². The summed E-state index contributed by atoms with van der Waals surface area (Å²) in [6, 6.07) is 0. The summed E-state index contributed by atoms with van der Waals surface area (Å²) in [6.07, 6.45) is 1.36. The first-order valence-electron chi connectivity index (χ1n) is 6.66. The summed E-state index contributed by atoms with van der Waals surface area (Å²) in [5, 5.41) is 16.0. The van der Waals surface area contributed by atoms with E-state index in [2.05, 4.69) is 20.6 Å². The molecule has 0 spiro atoms. The van der Waals surface area contributed by atoms with E-state index in [1.54, 1.807) is 0 Å². The molecular weight excluding hydrogens is 314 g/mol. The number of fused-ring (bicyclic) bond motifs is 2. The Hall–Kier alpha value is -1.19. The average Bonchev–Trinajstić information content (AvgIpc) is 3.14. The highest BCUT2D eigenvalue weighted by Gasteiger charge is 2.41. The van der Waals surface area contributed by atoms with Crippen molar-refractivity contribution >= 4 is 35.4 Å². The Morgan fingerprint density at radius 3 is 2.52 bits per heavy atom. The first-order valence-corrected chi connectivity index (χ1v) is 8.38. The fourth-order valence-electron chi connectivity index (χ4n) is 2.74. The Morgan fingerprint density at radius 2 is 2.05 bits per heavy atom. The van der Waals surface area contributed by atoms with Crippen LogP contribution in [-0.2, 0) is 9.59 Å². The van der Waals surface area contributed by atoms with Crippen molar-refractivity contribution in [3.05, 3.63) is 5.69 Å². The molecule has 0 aromatic carbocycles. The first-order chi connectivity index (χ1) is 10.0. The smallest absolute Gasteiger partial charge is 0.414 e. The van der Waals surface area contributed by atoms with Crippen molar-refractivity contribution in [1.82, 2.24) is 13.6 Å². The van der Waals surface area contributed by atoms with Gasteiger partial charge in [0.2, 0.25) is 0 Å². The Balaban J connectivity index is 0.000000232. The van der Waals surface area contributed by atoms with E-state index in [4.69, 9.17) is 19.8 Å². The predicted molar refractivity (Wildman–Crippen MR) is 78.9 cm³/mol. The van der Waals surface area contributed by atoms with E-state index >= 15 is 0 Å². The quantitative estimate of drug-likeness (QED) is 0.629. The summed E-state index contributed by atoms with van der Waals surface area (Å²) in [7, 11) is 0. The van der Waals surface area contributed by atoms with Gasteiger partial charge in [-0.2, -0.15) is 8.75 Å². The second kappa shape index (κ2) is 7.19. The Morgan fingerprint density at radius 1 is 1.33 bits per heavy atom. The second-order valence-electron chi connectivity index (χ2n) is 4.91. The largest absolute Gasteiger partial charge is 0.473 e. The maximum absolute atomic E-state index is 9.10. The summed E-state index contributed by atoms with van der Waals surface area (Å²) >= 11 is 3.22. The van der Waals surface area contributed by atoms with Gasteiger partial charge in [-0.15, -0.1) is 11.8 Å². The molecule has 9 heteroatoms. The predicted octanol–water partition coefficient (Wildman–Crippen LogP) is 1.22. The molecule has 116 valence electrons. The molecule has 2 bridgehead atoms. The summed E-state index contributed by atoms with van der Waals surface area (Å²) in [4.78, 5) is 20.8. The Labute approximate surface area is 130 Å². The van der Waals surface area contributed by atoms with Gasteiger partial charge in [0.1, 0.15) is 5.03 Å². The normalized spacial score (nSPS) is 26.2. The topological polar surface area (TPSA) is 104 Å². The van der Waals surface area contributed by atoms with Gasteiger partial charge in [-0.1, -0.05) is 6.92 Å². The number of aromatic nitrogens is 2. The molecule has 3 heterocycles. The first kappa shape index (κ1) is 16.2. The SMILES string of the molecule is CCSc1nsnc1C1CN2CCC1C2.O=C(O)C(=O)O. The van der Waals surface area contributed by atoms with Gasteiger partial charge in [-0.05, 0) is 24.6 Å². The van der Waals surface area contributed by atoms with Gasteiger partial charge in [-0.25, -0.2) is 9.59 Å². The lowest BCUT2D eigenvalue weighted by Gasteiger charge is -2.20. The molecule has 0 radical (unpaired) electrons. The Bertz CT molecular complexity index is 510. The van der Waals surface area contributed by atoms with Crippen molar-refractivity contribution in [2.45, 2.75) is 24.3 Å². The lowest BCUT2D eigenvalue weighted by atomic mass is 9.90. The number of carbonyl (C=O) groups is 2. The van der Waals surface area contributed by atoms with Crippen molar-refractivity contribution < 1.29 is 19.8 Å². The number of nitrogens with zero attached hydrogens (tertiary/aromatic N) is 3. The van der Waals surface area contributed by atoms with Gasteiger partial charge in [0.15, 0.2) is 0 Å². The van der Waals surface area contributed by atoms with E-state index in [1.807, 2.05) is 11.8 Å². The van der Waals surface area contributed by atoms with E-state index in [0.717, 1.165) is 11.7 Å². The molecule has 0 aliphatic carbocycles. The molecule has 7 nitrogen and oxygen atoms in total. The molecule has 2 saturated heterocycles. The molecule has 2 aliphatic heterocycles. The monoisotopic (exact) mass is 331 g/mol. The van der Waals surface area contributed by atoms with Crippen LogP contribution in [0.3, 0.4) is 0 Å². The molecular formula is C12H17N3O4S2. The number of aliphatic carboxylic acids is 2. The Kier molecular flexibility index (Phi) is 5.54. The molecule has 21 heavy (non-hydrogen) atoms. The number of thioether (sulfide) groups is 1. The third-order valence-electron chi connectivity index (χ3n) is 3.63. The van der Waals surface area contributed by atoms with Gasteiger partial charge in [0.05, 0.1) is 17.4 Å². The van der Waals surface area contributed by atoms with Crippen molar-refractivity contribution in [3.63, 3.8) is 0 Å². The zero-order chi connectivity index (χ0) is 15.4. The fraction of sp³-hybridized carbons (Fsp3) is 0.667. The van der Waals surface area contributed by atoms with Crippen LogP contribution in [0.4, 0.5) is 0 Å². The van der Waals surface area contributed by atoms with Crippen LogP contribution in [0.15, 0.2) is 5.03 Å². The number of piperidine rings is 1. The van der Waals surface area contributed by atoms with Gasteiger partial charge >= 0.3 is 11.9 Å². The molecule has 2 N–H and O–H groups in total. The van der Waals surface area contributed by atoms with Crippen molar-refractivity contribution in [2.75, 3.05) is 25.4 Å². The number of carboxylic acids is 2. The van der Waals surface area contributed by atoms with Crippen molar-refractivity contribution in [1.29, 1.82) is 0 Å². The third kappa shape index (κ3) is 3.92. The minimum atomic E-state index is -1.82. The highest BCUT2D eigenvalue weighted by Crippen LogP contribution is 2.41. The van der Waals surface area contributed by atoms with E-state index in [1.165, 1.54) is 48.5 Å². The summed E-state index contributed by atoms with van der Waals surface area (Å²) in [5.41, 5.74) is 1.29. The molecule has 2 aliphatic rings. The number of carboxylic acid groups (broad SMARTS) is 2. The van der Waals surface area contributed by atoms with E-state index in [9.17, 15) is 0 Å². The zero-order valence-electron chi connectivity index (χ0n) is 11.6. The number of hydrogen-bond donors (Lipinski definition) is 2. The van der Waals surface area contributed by atoms with Gasteiger partial charge in [-0.3, -0.25) is 0 Å². The standard InChI is InChI=1S/C10H15N3S2.C2H2O4/c1-2-14-10-9(11-15-12-10)8-6-13-4-3-7(8)5-13;3-1(4)2(5)6/h7-8H,2-6H2,1H3;(H,3,4)(H,5,6). The highest BCUT2D eigenvalue weighted by molar-refractivity contribution is 7.99. The summed E-state index contributed by atoms with van der Waals surface area (Å²) in [5.74, 6) is -1.03. The maximum atomic E-state index is 9.10. The average molecular weight is 331 g/mol. The van der Waals surface area contributed by atoms with Gasteiger partial charge < -0.3 is 15.1 Å². The van der Waals surface area contributed by atoms with Crippen LogP contribution in [0.25, 0.3) is 0 Å². The lowest BCUT2D eigenvalue weighted by Crippen LogP contribution is -2.22. The van der Waals surface area contributed by atoms with E-state index < -0.39 is 11.9 Å². The lowest BCUT2D eigenvalue weighted by molar-refractivity contribution is -0.159. The molecule has 1 aromatic rings. The molecule has 0 saturated carbocycles. The summed E-state index contributed by atoms with van der Waals surface area (Å²) in [6.45, 7) is 5.98. The van der Waals surface area contributed by atoms with E-state index in [-0.39, 0.29) is 0 Å². The molecule has 3 rings (SSSR count). The molecule has 0 amide bonds. The molecule has 2 fully saturated rings. The van der Waals surface area contributed by atoms with Crippen LogP contribution in [0.2, 0.25) is 0 Å². The van der Waals surface area contributed by atoms with Crippen LogP contribution in [0.5, 0.6) is 0 Å². The fourth-order valence-corrected chi connectivity index (χ4v) is 4.25. The second-order valence-corrected chi connectivity index (χ2v) is 6.69. The maximum Gasteiger partial charge on any atom is 0.414 e. The summed E-state index contributed by atoms with van der Waals surface area (Å²) < 4.78 is 8.93. The van der Waals surface area contributed by atoms with E-state index in [0.29, 0.717) is 5.92 Å². The van der Waals surface area contributed by atoms with Crippen LogP contribution >= 0.6 is 23.5 Å². The highest BCUT2D eigenvalue weighted by atomic mass is 32.2. The third-order valence-corrected chi connectivity index (χ3v) is 5.15. The number of hydrogen-bond acceptors (Lipinski definition) is 7. The van der Waals surface area contributed by atoms with Crippen LogP contribution in [-0.4, -0.2) is 61.2 Å². The van der Waals surface area contributed by atoms with Crippen molar-refractivity contribution in [2.24, 2.45) is 5.92 Å². The minimum Gasteiger partial charge on any atom is -0.473 e. The number of rotatable bonds is 3. The molecule has 3 atom stereocenters. The minimum absolute atomic E-state index is 0.673. The molecule has 3 unspecified atom stereocenters. The molecule has 1 aromatic heterocycles. The van der Waals surface area contributed by atoms with Crippen LogP contribution < -0.4 is 0 Å². The van der Waals surface area contributed by atoms with Crippen LogP contribution in [0, 0.1) is 5.92 Å². The van der Waals surface area contributed by atoms with Crippen molar-refractivity contribution in [3.8, 4) is 0 Å². The zero-order valence-corrected chi connectivity index (χ0v) is 13.2. The van der Waals surface area contributed by atoms with Gasteiger partial charge in [0, 0.05) is 19.0 Å². The van der Waals surface area contributed by atoms with Crippen LogP contribution in [0.1, 0.15) is 25.0 Å².